The van der Waals surface area contributed by atoms with Crippen molar-refractivity contribution in [3.63, 3.8) is 0 Å². The molecule has 2 atom stereocenters. The molecule has 4 heterocycles. The fourth-order valence-electron chi connectivity index (χ4n) is 7.37. The number of rotatable bonds is 6. The van der Waals surface area contributed by atoms with E-state index < -0.39 is 5.54 Å². The monoisotopic (exact) mass is 541 g/mol. The fourth-order valence-corrected chi connectivity index (χ4v) is 7.37. The number of nitrogens with zero attached hydrogens (tertiary/aromatic N) is 4. The molecule has 3 aliphatic carbocycles. The van der Waals surface area contributed by atoms with Gasteiger partial charge in [-0.05, 0) is 74.9 Å². The topological polar surface area (TPSA) is 95.1 Å². The van der Waals surface area contributed by atoms with Crippen molar-refractivity contribution in [2.75, 3.05) is 34.9 Å². The van der Waals surface area contributed by atoms with Gasteiger partial charge in [-0.2, -0.15) is 0 Å². The average molecular weight is 542 g/mol. The van der Waals surface area contributed by atoms with E-state index in [4.69, 9.17) is 4.74 Å². The minimum atomic E-state index is -1.02. The summed E-state index contributed by atoms with van der Waals surface area (Å²) in [5.74, 6) is 1.94. The number of fused-ring (bicyclic) bond motifs is 3. The van der Waals surface area contributed by atoms with Gasteiger partial charge in [-0.3, -0.25) is 9.59 Å². The summed E-state index contributed by atoms with van der Waals surface area (Å²) in [5, 5.41) is 3.52. The predicted octanol–water partition coefficient (Wildman–Crippen LogP) is 4.06. The van der Waals surface area contributed by atoms with Crippen molar-refractivity contribution in [2.24, 2.45) is 17.8 Å². The summed E-state index contributed by atoms with van der Waals surface area (Å²) in [4.78, 5) is 50.2. The minimum absolute atomic E-state index is 0.0297. The van der Waals surface area contributed by atoms with Crippen LogP contribution in [0.1, 0.15) is 57.1 Å². The van der Waals surface area contributed by atoms with Gasteiger partial charge in [0.25, 0.3) is 5.91 Å². The molecule has 4 amide bonds. The maximum atomic E-state index is 13.9. The number of ether oxygens (including phenoxy) is 1. The van der Waals surface area contributed by atoms with Crippen LogP contribution in [-0.4, -0.2) is 59.1 Å². The van der Waals surface area contributed by atoms with E-state index in [-0.39, 0.29) is 29.2 Å². The van der Waals surface area contributed by atoms with Crippen LogP contribution in [0.2, 0.25) is 0 Å². The number of hydrogen-bond acceptors (Lipinski definition) is 6. The minimum Gasteiger partial charge on any atom is -0.381 e. The van der Waals surface area contributed by atoms with Gasteiger partial charge < -0.3 is 19.9 Å². The zero-order valence-electron chi connectivity index (χ0n) is 23.1. The van der Waals surface area contributed by atoms with Crippen LogP contribution in [-0.2, 0) is 26.3 Å². The Morgan fingerprint density at radius 3 is 2.58 bits per heavy atom. The Balaban J connectivity index is 1.06. The van der Waals surface area contributed by atoms with Crippen LogP contribution in [0.15, 0.2) is 36.5 Å². The van der Waals surface area contributed by atoms with Crippen molar-refractivity contribution in [3.05, 3.63) is 47.7 Å². The van der Waals surface area contributed by atoms with Crippen LogP contribution in [0.4, 0.5) is 22.0 Å². The molecular weight excluding hydrogens is 506 g/mol. The molecule has 9 heteroatoms. The van der Waals surface area contributed by atoms with E-state index in [2.05, 4.69) is 16.4 Å². The smallest absolute Gasteiger partial charge is 0.332 e. The van der Waals surface area contributed by atoms with Gasteiger partial charge in [0.05, 0.1) is 18.9 Å². The van der Waals surface area contributed by atoms with Crippen LogP contribution in [0.5, 0.6) is 0 Å². The first-order chi connectivity index (χ1) is 19.3. The summed E-state index contributed by atoms with van der Waals surface area (Å²) in [5.41, 5.74) is 2.53. The average Bonchev–Trinajstić information content (AvgIpc) is 3.76. The molecule has 0 radical (unpaired) electrons. The van der Waals surface area contributed by atoms with Crippen LogP contribution >= 0.6 is 0 Å². The summed E-state index contributed by atoms with van der Waals surface area (Å²) < 4.78 is 5.49. The Bertz CT molecular complexity index is 1440. The normalized spacial score (nSPS) is 29.1. The molecule has 0 bridgehead atoms. The largest absolute Gasteiger partial charge is 0.381 e. The summed E-state index contributed by atoms with van der Waals surface area (Å²) >= 11 is 0. The Kier molecular flexibility index (Phi) is 5.04. The highest BCUT2D eigenvalue weighted by Crippen LogP contribution is 2.54. The molecule has 1 aromatic carbocycles. The Hall–Kier alpha value is -3.46. The van der Waals surface area contributed by atoms with Crippen molar-refractivity contribution in [2.45, 2.75) is 69.5 Å². The summed E-state index contributed by atoms with van der Waals surface area (Å²) in [7, 11) is 0. The van der Waals surface area contributed by atoms with E-state index >= 15 is 0 Å². The second kappa shape index (κ2) is 8.28. The third-order valence-electron chi connectivity index (χ3n) is 10.3. The number of aromatic nitrogens is 1. The number of nitrogens with one attached hydrogen (secondary N) is 1. The van der Waals surface area contributed by atoms with Gasteiger partial charge in [-0.1, -0.05) is 12.5 Å². The molecule has 5 fully saturated rings. The first-order valence-corrected chi connectivity index (χ1v) is 14.7. The highest BCUT2D eigenvalue weighted by atomic mass is 16.5. The lowest BCUT2D eigenvalue weighted by atomic mass is 9.66. The molecule has 40 heavy (non-hydrogen) atoms. The SMILES string of the molecule is CC1(C)C(=O)N(c2ccc3c(c2)N(C(=O)C2CC2)CC32CCC2)C(=O)N1Cc1ccnc(NC2C3COCC32)c1. The first-order valence-electron chi connectivity index (χ1n) is 14.7. The number of benzene rings is 1. The molecule has 8 rings (SSSR count). The quantitative estimate of drug-likeness (QED) is 0.555. The zero-order chi connectivity index (χ0) is 27.4. The van der Waals surface area contributed by atoms with Crippen molar-refractivity contribution in [1.29, 1.82) is 0 Å². The van der Waals surface area contributed by atoms with E-state index in [1.807, 2.05) is 29.2 Å². The lowest BCUT2D eigenvalue weighted by Gasteiger charge is -2.39. The van der Waals surface area contributed by atoms with Gasteiger partial charge in [0.2, 0.25) is 5.91 Å². The lowest BCUT2D eigenvalue weighted by Crippen LogP contribution is -2.43. The molecule has 208 valence electrons. The van der Waals surface area contributed by atoms with Crippen LogP contribution in [0, 0.1) is 17.8 Å². The van der Waals surface area contributed by atoms with Crippen LogP contribution < -0.4 is 15.1 Å². The maximum absolute atomic E-state index is 13.9. The molecule has 9 nitrogen and oxygen atoms in total. The number of carbonyl (C=O) groups is 3. The highest BCUT2D eigenvalue weighted by Gasteiger charge is 2.55. The number of anilines is 3. The number of urea groups is 1. The van der Waals surface area contributed by atoms with Gasteiger partial charge in [-0.25, -0.2) is 14.7 Å². The fraction of sp³-hybridized carbons (Fsp3) is 0.548. The third-order valence-corrected chi connectivity index (χ3v) is 10.3. The van der Waals surface area contributed by atoms with E-state index in [1.54, 1.807) is 24.9 Å². The van der Waals surface area contributed by atoms with E-state index in [1.165, 1.54) is 16.9 Å². The Morgan fingerprint density at radius 2 is 1.88 bits per heavy atom. The van der Waals surface area contributed by atoms with Crippen molar-refractivity contribution >= 4 is 35.0 Å². The molecule has 2 unspecified atom stereocenters. The highest BCUT2D eigenvalue weighted by molar-refractivity contribution is 6.23. The Labute approximate surface area is 233 Å². The number of pyridine rings is 1. The van der Waals surface area contributed by atoms with Gasteiger partial charge in [0.15, 0.2) is 0 Å². The van der Waals surface area contributed by atoms with Crippen molar-refractivity contribution in [1.82, 2.24) is 9.88 Å². The number of amides is 4. The molecule has 1 aromatic heterocycles. The van der Waals surface area contributed by atoms with Crippen LogP contribution in [0.25, 0.3) is 0 Å². The second-order valence-corrected chi connectivity index (χ2v) is 13.2. The number of hydrogen-bond donors (Lipinski definition) is 1. The lowest BCUT2D eigenvalue weighted by molar-refractivity contribution is -0.123. The number of carbonyl (C=O) groups excluding carboxylic acids is 3. The maximum Gasteiger partial charge on any atom is 0.332 e. The van der Waals surface area contributed by atoms with Gasteiger partial charge in [0.1, 0.15) is 11.4 Å². The van der Waals surface area contributed by atoms with E-state index in [0.717, 1.165) is 56.0 Å². The first kappa shape index (κ1) is 24.3. The zero-order valence-corrected chi connectivity index (χ0v) is 23.1. The summed E-state index contributed by atoms with van der Waals surface area (Å²) in [6, 6.07) is 9.77. The Morgan fingerprint density at radius 1 is 1.10 bits per heavy atom. The van der Waals surface area contributed by atoms with E-state index in [9.17, 15) is 14.4 Å². The third kappa shape index (κ3) is 3.49. The van der Waals surface area contributed by atoms with Crippen molar-refractivity contribution < 1.29 is 19.1 Å². The molecule has 3 saturated carbocycles. The van der Waals surface area contributed by atoms with E-state index in [0.29, 0.717) is 36.7 Å². The molecular formula is C31H35N5O4. The van der Waals surface area contributed by atoms with Gasteiger partial charge in [-0.15, -0.1) is 0 Å². The van der Waals surface area contributed by atoms with Gasteiger partial charge in [0, 0.05) is 54.2 Å². The standard InChI is InChI=1S/C31H35N5O4/c1-30(2)28(38)36(20-6-7-23-24(13-20)34(27(37)19-4-5-19)17-31(23)9-3-10-31)29(39)35(30)14-18-8-11-32-25(12-18)33-26-21-15-40-16-22(21)26/h6-8,11-13,19,21-22,26H,3-5,9-10,14-17H2,1-2H3,(H,32,33). The molecule has 2 aromatic rings. The molecule has 1 N–H and O–H groups in total. The van der Waals surface area contributed by atoms with Gasteiger partial charge >= 0.3 is 6.03 Å². The molecule has 1 spiro atoms. The van der Waals surface area contributed by atoms with Crippen LogP contribution in [0.3, 0.4) is 0 Å². The second-order valence-electron chi connectivity index (χ2n) is 13.2. The molecule has 6 aliphatic rings. The van der Waals surface area contributed by atoms with Crippen molar-refractivity contribution in [3.8, 4) is 0 Å². The molecule has 2 saturated heterocycles. The summed E-state index contributed by atoms with van der Waals surface area (Å²) in [6.07, 6.45) is 6.98. The predicted molar refractivity (Wildman–Crippen MR) is 149 cm³/mol. The number of imide groups is 1. The molecule has 3 aliphatic heterocycles. The summed E-state index contributed by atoms with van der Waals surface area (Å²) in [6.45, 7) is 6.22.